The van der Waals surface area contributed by atoms with Gasteiger partial charge in [0.2, 0.25) is 0 Å². The molecule has 2 aliphatic rings. The number of benzene rings is 1. The van der Waals surface area contributed by atoms with Crippen molar-refractivity contribution in [3.8, 4) is 11.5 Å². The number of ether oxygens (including phenoxy) is 1. The first-order chi connectivity index (χ1) is 20.7. The third kappa shape index (κ3) is 7.22. The number of nitrogens with two attached hydrogens (primary N) is 1. The van der Waals surface area contributed by atoms with E-state index in [0.29, 0.717) is 36.3 Å². The second-order valence-corrected chi connectivity index (χ2v) is 11.6. The standard InChI is InChI=1S/C34H45N3O6/c1-3-4-5-6-7-10-27(39)32(42)28(40)12-11-22-18-26(31(41)29(19-22)43-2)30-24-14-17-37-33(35)25(24)13-15-34(30,21-38)20-23-9-8-16-36-23/h8-9,13-16,18-19,30,32,36-38,41-42H,3-7,10-12,17,20-21,35H2,1-2H3/t30-,32-,34-/m0/s1. The maximum atomic E-state index is 12.8. The first-order valence-electron chi connectivity index (χ1n) is 15.2. The number of ketones is 2. The average molecular weight is 592 g/mol. The maximum absolute atomic E-state index is 12.8. The van der Waals surface area contributed by atoms with Crippen molar-refractivity contribution in [2.45, 2.75) is 76.7 Å². The Balaban J connectivity index is 1.63. The number of aromatic nitrogens is 1. The number of Topliss-reactive ketones (excluding diaryl/α,β-unsaturated/α-hetero) is 2. The summed E-state index contributed by atoms with van der Waals surface area (Å²) in [4.78, 5) is 28.5. The molecule has 7 N–H and O–H groups in total. The number of aliphatic hydroxyl groups is 2. The lowest BCUT2D eigenvalue weighted by atomic mass is 9.61. The van der Waals surface area contributed by atoms with E-state index in [1.165, 1.54) is 7.11 Å². The molecule has 0 amide bonds. The summed E-state index contributed by atoms with van der Waals surface area (Å²) < 4.78 is 5.55. The molecule has 1 aliphatic carbocycles. The molecule has 43 heavy (non-hydrogen) atoms. The summed E-state index contributed by atoms with van der Waals surface area (Å²) in [6, 6.07) is 7.35. The van der Waals surface area contributed by atoms with Crippen molar-refractivity contribution >= 4 is 11.6 Å². The highest BCUT2D eigenvalue weighted by atomic mass is 16.5. The molecule has 0 unspecified atom stereocenters. The second-order valence-electron chi connectivity index (χ2n) is 11.6. The number of hydrogen-bond donors (Lipinski definition) is 6. The predicted octanol–water partition coefficient (Wildman–Crippen LogP) is 4.10. The van der Waals surface area contributed by atoms with Gasteiger partial charge in [0.15, 0.2) is 29.2 Å². The number of aromatic hydroxyl groups is 1. The number of rotatable bonds is 16. The molecule has 0 saturated carbocycles. The van der Waals surface area contributed by atoms with Crippen molar-refractivity contribution in [1.82, 2.24) is 10.3 Å². The number of dihydropyridines is 1. The number of aromatic amines is 1. The van der Waals surface area contributed by atoms with Crippen LogP contribution in [0.3, 0.4) is 0 Å². The molecule has 2 heterocycles. The van der Waals surface area contributed by atoms with Crippen LogP contribution in [0.1, 0.15) is 74.6 Å². The molecule has 4 rings (SSSR count). The predicted molar refractivity (Wildman–Crippen MR) is 166 cm³/mol. The number of hydrogen-bond acceptors (Lipinski definition) is 8. The van der Waals surface area contributed by atoms with Gasteiger partial charge in [0, 0.05) is 53.7 Å². The Morgan fingerprint density at radius 2 is 1.93 bits per heavy atom. The van der Waals surface area contributed by atoms with Crippen LogP contribution in [0.2, 0.25) is 0 Å². The van der Waals surface area contributed by atoms with E-state index >= 15 is 0 Å². The number of nitrogens with one attached hydrogen (secondary N) is 2. The number of aliphatic hydroxyl groups excluding tert-OH is 2. The minimum atomic E-state index is -1.63. The number of fused-ring (bicyclic) bond motifs is 1. The number of unbranched alkanes of at least 4 members (excludes halogenated alkanes) is 4. The lowest BCUT2D eigenvalue weighted by Gasteiger charge is -2.43. The van der Waals surface area contributed by atoms with Gasteiger partial charge >= 0.3 is 0 Å². The molecule has 1 aliphatic heterocycles. The molecule has 0 bridgehead atoms. The van der Waals surface area contributed by atoms with E-state index in [4.69, 9.17) is 10.5 Å². The van der Waals surface area contributed by atoms with Crippen LogP contribution in [0, 0.1) is 5.41 Å². The molecule has 0 saturated heterocycles. The molecule has 1 aromatic heterocycles. The van der Waals surface area contributed by atoms with Crippen molar-refractivity contribution in [1.29, 1.82) is 0 Å². The fourth-order valence-corrected chi connectivity index (χ4v) is 6.25. The van der Waals surface area contributed by atoms with Crippen LogP contribution in [-0.2, 0) is 22.4 Å². The number of H-pyrrole nitrogens is 1. The first-order valence-corrected chi connectivity index (χ1v) is 15.2. The van der Waals surface area contributed by atoms with E-state index in [1.807, 2.05) is 42.6 Å². The third-order valence-corrected chi connectivity index (χ3v) is 8.65. The van der Waals surface area contributed by atoms with Crippen molar-refractivity contribution < 1.29 is 29.6 Å². The summed E-state index contributed by atoms with van der Waals surface area (Å²) in [5.41, 5.74) is 9.35. The first kappa shape index (κ1) is 32.1. The van der Waals surface area contributed by atoms with Gasteiger partial charge in [-0.15, -0.1) is 0 Å². The third-order valence-electron chi connectivity index (χ3n) is 8.65. The van der Waals surface area contributed by atoms with Gasteiger partial charge in [-0.25, -0.2) is 0 Å². The summed E-state index contributed by atoms with van der Waals surface area (Å²) in [6.45, 7) is 2.41. The molecular formula is C34H45N3O6. The van der Waals surface area contributed by atoms with Gasteiger partial charge in [0.1, 0.15) is 5.82 Å². The number of phenolic OH excluding ortho intramolecular Hbond substituents is 1. The molecular weight excluding hydrogens is 546 g/mol. The van der Waals surface area contributed by atoms with E-state index in [9.17, 15) is 24.9 Å². The van der Waals surface area contributed by atoms with Crippen molar-refractivity contribution in [3.63, 3.8) is 0 Å². The normalized spacial score (nSPS) is 20.3. The van der Waals surface area contributed by atoms with Crippen molar-refractivity contribution in [2.75, 3.05) is 20.3 Å². The molecule has 0 fully saturated rings. The molecule has 3 atom stereocenters. The van der Waals surface area contributed by atoms with Crippen LogP contribution in [0.25, 0.3) is 0 Å². The zero-order chi connectivity index (χ0) is 31.0. The lowest BCUT2D eigenvalue weighted by molar-refractivity contribution is -0.138. The highest BCUT2D eigenvalue weighted by Crippen LogP contribution is 2.54. The Hall–Kier alpha value is -3.82. The monoisotopic (exact) mass is 591 g/mol. The van der Waals surface area contributed by atoms with E-state index in [2.05, 4.69) is 17.2 Å². The largest absolute Gasteiger partial charge is 0.504 e. The van der Waals surface area contributed by atoms with Crippen LogP contribution in [-0.4, -0.2) is 58.2 Å². The minimum Gasteiger partial charge on any atom is -0.504 e. The van der Waals surface area contributed by atoms with Gasteiger partial charge in [0.25, 0.3) is 0 Å². The van der Waals surface area contributed by atoms with E-state index < -0.39 is 29.0 Å². The summed E-state index contributed by atoms with van der Waals surface area (Å²) in [7, 11) is 1.46. The highest BCUT2D eigenvalue weighted by molar-refractivity contribution is 6.05. The van der Waals surface area contributed by atoms with Gasteiger partial charge in [-0.05, 0) is 48.6 Å². The van der Waals surface area contributed by atoms with Crippen molar-refractivity contribution in [3.05, 3.63) is 82.5 Å². The molecule has 1 aromatic carbocycles. The Morgan fingerprint density at radius 3 is 2.63 bits per heavy atom. The van der Waals surface area contributed by atoms with Crippen molar-refractivity contribution in [2.24, 2.45) is 11.1 Å². The van der Waals surface area contributed by atoms with Crippen LogP contribution < -0.4 is 15.8 Å². The SMILES string of the molecule is CCCCCCCC(=O)[C@H](O)C(=O)CCc1cc(OC)c(O)c([C@@H]2C3=CCNC(N)=C3C=C[C@@]2(CO)Cc2ccc[nH]2)c1. The van der Waals surface area contributed by atoms with E-state index in [0.717, 1.165) is 42.5 Å². The van der Waals surface area contributed by atoms with Crippen LogP contribution in [0.4, 0.5) is 0 Å². The fraction of sp³-hybridized carbons (Fsp3) is 0.471. The molecule has 2 aromatic rings. The molecule has 232 valence electrons. The molecule has 0 radical (unpaired) electrons. The number of carbonyl (C=O) groups is 2. The van der Waals surface area contributed by atoms with Crippen LogP contribution >= 0.6 is 0 Å². The Kier molecular flexibility index (Phi) is 10.9. The summed E-state index contributed by atoms with van der Waals surface area (Å²) >= 11 is 0. The minimum absolute atomic E-state index is 0.0426. The maximum Gasteiger partial charge on any atom is 0.170 e. The smallest absolute Gasteiger partial charge is 0.170 e. The Bertz CT molecular complexity index is 1380. The van der Waals surface area contributed by atoms with Crippen LogP contribution in [0.15, 0.2) is 65.7 Å². The number of carbonyl (C=O) groups excluding carboxylic acids is 2. The molecule has 0 spiro atoms. The number of allylic oxidation sites excluding steroid dienone is 3. The lowest BCUT2D eigenvalue weighted by Crippen LogP contribution is -2.40. The van der Waals surface area contributed by atoms with Gasteiger partial charge in [-0.3, -0.25) is 9.59 Å². The van der Waals surface area contributed by atoms with Crippen LogP contribution in [0.5, 0.6) is 11.5 Å². The van der Waals surface area contributed by atoms with Gasteiger partial charge in [0.05, 0.1) is 13.7 Å². The number of aryl methyl sites for hydroxylation is 1. The second kappa shape index (κ2) is 14.6. The summed E-state index contributed by atoms with van der Waals surface area (Å²) in [6.07, 6.45) is 11.8. The van der Waals surface area contributed by atoms with Gasteiger partial charge in [-0.1, -0.05) is 56.9 Å². The van der Waals surface area contributed by atoms with Gasteiger partial charge in [-0.2, -0.15) is 0 Å². The Morgan fingerprint density at radius 1 is 1.16 bits per heavy atom. The van der Waals surface area contributed by atoms with E-state index in [1.54, 1.807) is 6.07 Å². The van der Waals surface area contributed by atoms with E-state index in [-0.39, 0.29) is 37.4 Å². The quantitative estimate of drug-likeness (QED) is 0.126. The zero-order valence-electron chi connectivity index (χ0n) is 25.2. The molecule has 9 nitrogen and oxygen atoms in total. The fourth-order valence-electron chi connectivity index (χ4n) is 6.25. The number of methoxy groups -OCH3 is 1. The highest BCUT2D eigenvalue weighted by Gasteiger charge is 2.45. The van der Waals surface area contributed by atoms with Gasteiger partial charge < -0.3 is 36.1 Å². The average Bonchev–Trinajstić information content (AvgIpc) is 3.52. The molecule has 9 heteroatoms. The Labute approximate surface area is 253 Å². The number of phenols is 1. The summed E-state index contributed by atoms with van der Waals surface area (Å²) in [5.74, 6) is -0.765. The summed E-state index contributed by atoms with van der Waals surface area (Å²) in [5, 5.41) is 36.0. The zero-order valence-corrected chi connectivity index (χ0v) is 25.2. The topological polar surface area (TPSA) is 158 Å².